The minimum absolute atomic E-state index is 0.00410. The van der Waals surface area contributed by atoms with E-state index in [4.69, 9.17) is 0 Å². The Morgan fingerprint density at radius 2 is 2.05 bits per heavy atom. The number of anilines is 1. The molecule has 0 aliphatic rings. The van der Waals surface area contributed by atoms with Gasteiger partial charge in [0.2, 0.25) is 5.91 Å². The molecule has 5 nitrogen and oxygen atoms in total. The highest BCUT2D eigenvalue weighted by Gasteiger charge is 2.09. The van der Waals surface area contributed by atoms with Crippen LogP contribution in [0.4, 0.5) is 10.1 Å². The lowest BCUT2D eigenvalue weighted by atomic mass is 10.2. The fraction of sp³-hybridized carbons (Fsp3) is 0.133. The number of rotatable bonds is 4. The summed E-state index contributed by atoms with van der Waals surface area (Å²) in [6.07, 6.45) is 1.46. The third kappa shape index (κ3) is 4.10. The molecule has 0 fully saturated rings. The van der Waals surface area contributed by atoms with E-state index < -0.39 is 5.82 Å². The van der Waals surface area contributed by atoms with Crippen LogP contribution in [0.5, 0.6) is 0 Å². The van der Waals surface area contributed by atoms with Gasteiger partial charge in [-0.25, -0.2) is 4.39 Å². The Morgan fingerprint density at radius 3 is 2.76 bits per heavy atom. The van der Waals surface area contributed by atoms with Crippen molar-refractivity contribution in [3.8, 4) is 0 Å². The predicted molar refractivity (Wildman–Crippen MR) is 76.1 cm³/mol. The first kappa shape index (κ1) is 14.6. The molecule has 1 aromatic heterocycles. The third-order valence-corrected chi connectivity index (χ3v) is 2.70. The van der Waals surface area contributed by atoms with Gasteiger partial charge in [-0.1, -0.05) is 6.07 Å². The molecule has 0 aliphatic carbocycles. The summed E-state index contributed by atoms with van der Waals surface area (Å²) in [5.74, 6) is -1.06. The zero-order chi connectivity index (χ0) is 15.2. The van der Waals surface area contributed by atoms with Crippen LogP contribution >= 0.6 is 0 Å². The molecule has 0 unspecified atom stereocenters. The largest absolute Gasteiger partial charge is 0.346 e. The first-order chi connectivity index (χ1) is 10.1. The van der Waals surface area contributed by atoms with Crippen LogP contribution in [0.15, 0.2) is 42.6 Å². The highest BCUT2D eigenvalue weighted by molar-refractivity contribution is 5.96. The SMILES string of the molecule is CC(=O)Nc1cccc(C(=O)NCc2ncccc2F)c1. The van der Waals surface area contributed by atoms with Crippen molar-refractivity contribution >= 4 is 17.5 Å². The lowest BCUT2D eigenvalue weighted by Gasteiger charge is -2.07. The molecule has 0 saturated heterocycles. The van der Waals surface area contributed by atoms with Crippen LogP contribution in [-0.2, 0) is 11.3 Å². The summed E-state index contributed by atoms with van der Waals surface area (Å²) < 4.78 is 13.4. The lowest BCUT2D eigenvalue weighted by Crippen LogP contribution is -2.24. The van der Waals surface area contributed by atoms with Crippen LogP contribution in [0.2, 0.25) is 0 Å². The van der Waals surface area contributed by atoms with Gasteiger partial charge in [-0.05, 0) is 30.3 Å². The van der Waals surface area contributed by atoms with E-state index in [0.717, 1.165) is 0 Å². The second-order valence-corrected chi connectivity index (χ2v) is 4.38. The van der Waals surface area contributed by atoms with E-state index in [1.165, 1.54) is 25.3 Å². The monoisotopic (exact) mass is 287 g/mol. The molecule has 0 spiro atoms. The van der Waals surface area contributed by atoms with Crippen LogP contribution in [0.25, 0.3) is 0 Å². The molecular weight excluding hydrogens is 273 g/mol. The van der Waals surface area contributed by atoms with Gasteiger partial charge in [-0.15, -0.1) is 0 Å². The molecule has 2 amide bonds. The first-order valence-electron chi connectivity index (χ1n) is 6.31. The Morgan fingerprint density at radius 1 is 1.24 bits per heavy atom. The Labute approximate surface area is 121 Å². The van der Waals surface area contributed by atoms with E-state index in [1.807, 2.05) is 0 Å². The molecule has 1 heterocycles. The van der Waals surface area contributed by atoms with Crippen molar-refractivity contribution in [1.82, 2.24) is 10.3 Å². The number of hydrogen-bond acceptors (Lipinski definition) is 3. The summed E-state index contributed by atoms with van der Waals surface area (Å²) >= 11 is 0. The Bertz CT molecular complexity index is 673. The number of aromatic nitrogens is 1. The molecule has 1 aromatic carbocycles. The smallest absolute Gasteiger partial charge is 0.251 e. The fourth-order valence-corrected chi connectivity index (χ4v) is 1.76. The number of halogens is 1. The van der Waals surface area contributed by atoms with Crippen molar-refractivity contribution < 1.29 is 14.0 Å². The Kier molecular flexibility index (Phi) is 4.61. The van der Waals surface area contributed by atoms with E-state index >= 15 is 0 Å². The average Bonchev–Trinajstić information content (AvgIpc) is 2.45. The maximum Gasteiger partial charge on any atom is 0.251 e. The van der Waals surface area contributed by atoms with E-state index in [-0.39, 0.29) is 24.1 Å². The van der Waals surface area contributed by atoms with E-state index in [9.17, 15) is 14.0 Å². The van der Waals surface area contributed by atoms with Crippen molar-refractivity contribution in [3.05, 3.63) is 59.7 Å². The molecule has 0 saturated carbocycles. The third-order valence-electron chi connectivity index (χ3n) is 2.70. The molecule has 2 aromatic rings. The summed E-state index contributed by atoms with van der Waals surface area (Å²) in [4.78, 5) is 26.8. The number of nitrogens with one attached hydrogen (secondary N) is 2. The van der Waals surface area contributed by atoms with Gasteiger partial charge in [0.25, 0.3) is 5.91 Å². The summed E-state index contributed by atoms with van der Waals surface area (Å²) in [6.45, 7) is 1.38. The minimum Gasteiger partial charge on any atom is -0.346 e. The number of benzene rings is 1. The Balaban J connectivity index is 2.03. The second kappa shape index (κ2) is 6.60. The number of amides is 2. The quantitative estimate of drug-likeness (QED) is 0.904. The highest BCUT2D eigenvalue weighted by atomic mass is 19.1. The number of hydrogen-bond donors (Lipinski definition) is 2. The zero-order valence-corrected chi connectivity index (χ0v) is 11.4. The molecule has 0 bridgehead atoms. The van der Waals surface area contributed by atoms with Gasteiger partial charge < -0.3 is 10.6 Å². The minimum atomic E-state index is -0.468. The normalized spacial score (nSPS) is 10.0. The standard InChI is InChI=1S/C15H14FN3O2/c1-10(20)19-12-5-2-4-11(8-12)15(21)18-9-14-13(16)6-3-7-17-14/h2-8H,9H2,1H3,(H,18,21)(H,19,20). The average molecular weight is 287 g/mol. The van der Waals surface area contributed by atoms with Gasteiger partial charge in [-0.3, -0.25) is 14.6 Å². The molecule has 0 atom stereocenters. The molecule has 108 valence electrons. The maximum atomic E-state index is 13.4. The summed E-state index contributed by atoms with van der Waals surface area (Å²) in [5.41, 5.74) is 1.07. The van der Waals surface area contributed by atoms with Gasteiger partial charge in [0.1, 0.15) is 5.82 Å². The molecule has 21 heavy (non-hydrogen) atoms. The van der Waals surface area contributed by atoms with Crippen LogP contribution in [0, 0.1) is 5.82 Å². The van der Waals surface area contributed by atoms with Gasteiger partial charge in [0, 0.05) is 24.4 Å². The van der Waals surface area contributed by atoms with Crippen molar-refractivity contribution in [2.75, 3.05) is 5.32 Å². The van der Waals surface area contributed by atoms with Gasteiger partial charge in [0.15, 0.2) is 0 Å². The van der Waals surface area contributed by atoms with Gasteiger partial charge >= 0.3 is 0 Å². The van der Waals surface area contributed by atoms with Crippen LogP contribution in [0.1, 0.15) is 23.0 Å². The summed E-state index contributed by atoms with van der Waals surface area (Å²) in [6, 6.07) is 9.25. The van der Waals surface area contributed by atoms with Gasteiger partial charge in [-0.2, -0.15) is 0 Å². The molecule has 2 rings (SSSR count). The number of carbonyl (C=O) groups excluding carboxylic acids is 2. The van der Waals surface area contributed by atoms with E-state index in [2.05, 4.69) is 15.6 Å². The zero-order valence-electron chi connectivity index (χ0n) is 11.4. The van der Waals surface area contributed by atoms with Gasteiger partial charge in [0.05, 0.1) is 12.2 Å². The topological polar surface area (TPSA) is 71.1 Å². The Hall–Kier alpha value is -2.76. The number of carbonyl (C=O) groups is 2. The second-order valence-electron chi connectivity index (χ2n) is 4.38. The van der Waals surface area contributed by atoms with Crippen LogP contribution < -0.4 is 10.6 Å². The first-order valence-corrected chi connectivity index (χ1v) is 6.31. The molecule has 0 radical (unpaired) electrons. The lowest BCUT2D eigenvalue weighted by molar-refractivity contribution is -0.114. The van der Waals surface area contributed by atoms with Crippen molar-refractivity contribution in [1.29, 1.82) is 0 Å². The number of nitrogens with zero attached hydrogens (tertiary/aromatic N) is 1. The molecule has 0 aliphatic heterocycles. The van der Waals surface area contributed by atoms with Crippen LogP contribution in [0.3, 0.4) is 0 Å². The summed E-state index contributed by atoms with van der Waals surface area (Å²) in [7, 11) is 0. The van der Waals surface area contributed by atoms with Crippen molar-refractivity contribution in [2.45, 2.75) is 13.5 Å². The maximum absolute atomic E-state index is 13.4. The molecular formula is C15H14FN3O2. The molecule has 2 N–H and O–H groups in total. The molecule has 6 heteroatoms. The number of pyridine rings is 1. The summed E-state index contributed by atoms with van der Waals surface area (Å²) in [5, 5.41) is 5.17. The van der Waals surface area contributed by atoms with Crippen LogP contribution in [-0.4, -0.2) is 16.8 Å². The van der Waals surface area contributed by atoms with Crippen molar-refractivity contribution in [3.63, 3.8) is 0 Å². The van der Waals surface area contributed by atoms with Crippen molar-refractivity contribution in [2.24, 2.45) is 0 Å². The fourth-order valence-electron chi connectivity index (χ4n) is 1.76. The van der Waals surface area contributed by atoms with E-state index in [1.54, 1.807) is 24.3 Å². The highest BCUT2D eigenvalue weighted by Crippen LogP contribution is 2.11. The van der Waals surface area contributed by atoms with E-state index in [0.29, 0.717) is 11.3 Å². The predicted octanol–water partition coefficient (Wildman–Crippen LogP) is 2.11.